The van der Waals surface area contributed by atoms with Crippen LogP contribution >= 0.6 is 15.9 Å². The second-order valence-corrected chi connectivity index (χ2v) is 5.36. The Labute approximate surface area is 105 Å². The minimum atomic E-state index is 0.0457. The second kappa shape index (κ2) is 5.00. The molecule has 1 atom stereocenters. The van der Waals surface area contributed by atoms with Crippen LogP contribution in [0, 0.1) is 6.92 Å². The summed E-state index contributed by atoms with van der Waals surface area (Å²) in [6.07, 6.45) is 1.89. The van der Waals surface area contributed by atoms with Crippen molar-refractivity contribution in [1.29, 1.82) is 0 Å². The monoisotopic (exact) mass is 281 g/mol. The highest BCUT2D eigenvalue weighted by Crippen LogP contribution is 2.19. The van der Waals surface area contributed by atoms with Crippen molar-refractivity contribution in [2.45, 2.75) is 24.6 Å². The number of nitrogens with zero attached hydrogens (tertiary/aromatic N) is 1. The zero-order chi connectivity index (χ0) is 11.5. The third-order valence-electron chi connectivity index (χ3n) is 3.14. The largest absolute Gasteiger partial charge is 0.341 e. The average molecular weight is 282 g/mol. The van der Waals surface area contributed by atoms with Gasteiger partial charge in [0.05, 0.1) is 4.83 Å². The van der Waals surface area contributed by atoms with E-state index in [1.807, 2.05) is 11.0 Å². The number of halogens is 1. The first kappa shape index (κ1) is 11.6. The average Bonchev–Trinajstić information content (AvgIpc) is 2.59. The van der Waals surface area contributed by atoms with E-state index in [1.165, 1.54) is 11.1 Å². The van der Waals surface area contributed by atoms with Crippen LogP contribution in [0.1, 0.15) is 17.5 Å². The maximum absolute atomic E-state index is 11.7. The van der Waals surface area contributed by atoms with Crippen molar-refractivity contribution < 1.29 is 4.79 Å². The molecule has 1 aromatic carbocycles. The van der Waals surface area contributed by atoms with Crippen LogP contribution in [-0.4, -0.2) is 28.7 Å². The third-order valence-corrected chi connectivity index (χ3v) is 3.99. The summed E-state index contributed by atoms with van der Waals surface area (Å²) in [5.74, 6) is 0.244. The number of benzene rings is 1. The first-order valence-electron chi connectivity index (χ1n) is 5.66. The van der Waals surface area contributed by atoms with Crippen LogP contribution in [0.4, 0.5) is 0 Å². The summed E-state index contributed by atoms with van der Waals surface area (Å²) in [6.45, 7) is 3.85. The van der Waals surface area contributed by atoms with Gasteiger partial charge in [0.25, 0.3) is 0 Å². The van der Waals surface area contributed by atoms with E-state index >= 15 is 0 Å². The number of aryl methyl sites for hydroxylation is 1. The van der Waals surface area contributed by atoms with Crippen molar-refractivity contribution in [3.8, 4) is 0 Å². The van der Waals surface area contributed by atoms with Gasteiger partial charge in [0.1, 0.15) is 0 Å². The molecule has 1 heterocycles. The summed E-state index contributed by atoms with van der Waals surface area (Å²) in [4.78, 5) is 13.7. The molecule has 0 aliphatic carbocycles. The van der Waals surface area contributed by atoms with Crippen LogP contribution in [0.2, 0.25) is 0 Å². The fraction of sp³-hybridized carbons (Fsp3) is 0.462. The molecule has 86 valence electrons. The molecule has 1 amide bonds. The Morgan fingerprint density at radius 3 is 2.81 bits per heavy atom. The van der Waals surface area contributed by atoms with E-state index in [0.717, 1.165) is 25.9 Å². The van der Waals surface area contributed by atoms with Gasteiger partial charge in [-0.2, -0.15) is 0 Å². The normalized spacial score (nSPS) is 20.5. The van der Waals surface area contributed by atoms with Gasteiger partial charge in [-0.3, -0.25) is 4.79 Å². The van der Waals surface area contributed by atoms with Crippen molar-refractivity contribution >= 4 is 21.8 Å². The van der Waals surface area contributed by atoms with Crippen molar-refractivity contribution in [3.63, 3.8) is 0 Å². The van der Waals surface area contributed by atoms with Gasteiger partial charge in [-0.05, 0) is 30.9 Å². The fourth-order valence-electron chi connectivity index (χ4n) is 2.07. The Hall–Kier alpha value is -0.830. The summed E-state index contributed by atoms with van der Waals surface area (Å²) in [5, 5.41) is 0. The topological polar surface area (TPSA) is 20.3 Å². The zero-order valence-corrected chi connectivity index (χ0v) is 11.0. The summed E-state index contributed by atoms with van der Waals surface area (Å²) in [5.41, 5.74) is 2.65. The minimum absolute atomic E-state index is 0.0457. The Bertz CT molecular complexity index is 391. The number of hydrogen-bond donors (Lipinski definition) is 0. The van der Waals surface area contributed by atoms with Crippen molar-refractivity contribution in [1.82, 2.24) is 4.90 Å². The lowest BCUT2D eigenvalue weighted by Crippen LogP contribution is -2.29. The van der Waals surface area contributed by atoms with Gasteiger partial charge in [0.2, 0.25) is 5.91 Å². The molecule has 0 N–H and O–H groups in total. The van der Waals surface area contributed by atoms with E-state index in [0.29, 0.717) is 0 Å². The number of rotatable bonds is 3. The lowest BCUT2D eigenvalue weighted by atomic mass is 10.1. The molecular weight excluding hydrogens is 266 g/mol. The summed E-state index contributed by atoms with van der Waals surface area (Å²) < 4.78 is 0. The summed E-state index contributed by atoms with van der Waals surface area (Å²) in [6, 6.07) is 8.37. The van der Waals surface area contributed by atoms with Crippen molar-refractivity contribution in [2.75, 3.05) is 13.1 Å². The zero-order valence-electron chi connectivity index (χ0n) is 9.45. The molecule has 1 saturated heterocycles. The third kappa shape index (κ3) is 2.46. The van der Waals surface area contributed by atoms with E-state index in [2.05, 4.69) is 41.1 Å². The molecule has 1 unspecified atom stereocenters. The Morgan fingerprint density at radius 1 is 1.44 bits per heavy atom. The predicted molar refractivity (Wildman–Crippen MR) is 68.8 cm³/mol. The standard InChI is InChI=1S/C13H16BrNO/c1-10-4-2-3-5-11(10)6-8-15-9-7-12(14)13(15)16/h2-5,12H,6-9H2,1H3. The molecule has 0 spiro atoms. The quantitative estimate of drug-likeness (QED) is 0.780. The highest BCUT2D eigenvalue weighted by Gasteiger charge is 2.28. The number of alkyl halides is 1. The van der Waals surface area contributed by atoms with Gasteiger partial charge in [-0.1, -0.05) is 40.2 Å². The second-order valence-electron chi connectivity index (χ2n) is 4.26. The molecular formula is C13H16BrNO. The molecule has 0 radical (unpaired) electrons. The molecule has 0 bridgehead atoms. The number of carbonyl (C=O) groups excluding carboxylic acids is 1. The molecule has 0 aromatic heterocycles. The summed E-state index contributed by atoms with van der Waals surface area (Å²) in [7, 11) is 0. The molecule has 0 saturated carbocycles. The fourth-order valence-corrected chi connectivity index (χ4v) is 2.56. The van der Waals surface area contributed by atoms with Crippen LogP contribution in [0.15, 0.2) is 24.3 Å². The molecule has 1 aliphatic rings. The van der Waals surface area contributed by atoms with E-state index < -0.39 is 0 Å². The van der Waals surface area contributed by atoms with Crippen molar-refractivity contribution in [2.24, 2.45) is 0 Å². The van der Waals surface area contributed by atoms with E-state index in [4.69, 9.17) is 0 Å². The van der Waals surface area contributed by atoms with Crippen molar-refractivity contribution in [3.05, 3.63) is 35.4 Å². The van der Waals surface area contributed by atoms with Gasteiger partial charge >= 0.3 is 0 Å². The SMILES string of the molecule is Cc1ccccc1CCN1CCC(Br)C1=O. The lowest BCUT2D eigenvalue weighted by Gasteiger charge is -2.16. The molecule has 16 heavy (non-hydrogen) atoms. The molecule has 3 heteroatoms. The number of likely N-dealkylation sites (tertiary alicyclic amines) is 1. The van der Waals surface area contributed by atoms with Crippen LogP contribution in [0.25, 0.3) is 0 Å². The van der Waals surface area contributed by atoms with Gasteiger partial charge in [0.15, 0.2) is 0 Å². The molecule has 1 aromatic rings. The maximum Gasteiger partial charge on any atom is 0.236 e. The maximum atomic E-state index is 11.7. The number of carbonyl (C=O) groups is 1. The Balaban J connectivity index is 1.93. The predicted octanol–water partition coefficient (Wildman–Crippen LogP) is 2.53. The lowest BCUT2D eigenvalue weighted by molar-refractivity contribution is -0.127. The van der Waals surface area contributed by atoms with Crippen LogP contribution in [0.5, 0.6) is 0 Å². The van der Waals surface area contributed by atoms with Crippen LogP contribution < -0.4 is 0 Å². The van der Waals surface area contributed by atoms with E-state index in [-0.39, 0.29) is 10.7 Å². The minimum Gasteiger partial charge on any atom is -0.341 e. The Kier molecular flexibility index (Phi) is 3.64. The van der Waals surface area contributed by atoms with Gasteiger partial charge in [0, 0.05) is 13.1 Å². The molecule has 2 nitrogen and oxygen atoms in total. The van der Waals surface area contributed by atoms with Gasteiger partial charge < -0.3 is 4.90 Å². The highest BCUT2D eigenvalue weighted by atomic mass is 79.9. The number of amides is 1. The first-order chi connectivity index (χ1) is 7.68. The van der Waals surface area contributed by atoms with Gasteiger partial charge in [-0.15, -0.1) is 0 Å². The van der Waals surface area contributed by atoms with Crippen LogP contribution in [-0.2, 0) is 11.2 Å². The molecule has 1 aliphatic heterocycles. The van der Waals surface area contributed by atoms with E-state index in [9.17, 15) is 4.79 Å². The molecule has 2 rings (SSSR count). The Morgan fingerprint density at radius 2 is 2.19 bits per heavy atom. The van der Waals surface area contributed by atoms with Gasteiger partial charge in [-0.25, -0.2) is 0 Å². The van der Waals surface area contributed by atoms with Crippen LogP contribution in [0.3, 0.4) is 0 Å². The molecule has 1 fully saturated rings. The van der Waals surface area contributed by atoms with E-state index in [1.54, 1.807) is 0 Å². The highest BCUT2D eigenvalue weighted by molar-refractivity contribution is 9.10. The number of hydrogen-bond acceptors (Lipinski definition) is 1. The smallest absolute Gasteiger partial charge is 0.236 e. The first-order valence-corrected chi connectivity index (χ1v) is 6.57. The summed E-state index contributed by atoms with van der Waals surface area (Å²) >= 11 is 3.39.